The molecule has 7 heteroatoms. The monoisotopic (exact) mass is 343 g/mol. The Kier molecular flexibility index (Phi) is 5.45. The average molecular weight is 343 g/mol. The molecule has 0 atom stereocenters. The molecule has 1 amide bonds. The van der Waals surface area contributed by atoms with Gasteiger partial charge in [-0.2, -0.15) is 5.10 Å². The fourth-order valence-electron chi connectivity index (χ4n) is 2.93. The summed E-state index contributed by atoms with van der Waals surface area (Å²) in [5, 5.41) is 7.31. The molecular formula is C18H25N5O2. The molecule has 0 saturated carbocycles. The van der Waals surface area contributed by atoms with E-state index in [-0.39, 0.29) is 18.0 Å². The molecule has 2 aromatic rings. The number of morpholine rings is 1. The van der Waals surface area contributed by atoms with Gasteiger partial charge in [-0.05, 0) is 13.8 Å². The summed E-state index contributed by atoms with van der Waals surface area (Å²) in [7, 11) is 0. The highest BCUT2D eigenvalue weighted by Gasteiger charge is 2.29. The van der Waals surface area contributed by atoms with E-state index in [9.17, 15) is 4.79 Å². The Hall–Kier alpha value is -2.25. The Bertz CT molecular complexity index is 699. The smallest absolute Gasteiger partial charge is 0.241 e. The van der Waals surface area contributed by atoms with Gasteiger partial charge in [0, 0.05) is 30.7 Å². The maximum absolute atomic E-state index is 12.1. The summed E-state index contributed by atoms with van der Waals surface area (Å²) in [6.45, 7) is 8.29. The molecule has 2 heterocycles. The zero-order valence-electron chi connectivity index (χ0n) is 14.8. The summed E-state index contributed by atoms with van der Waals surface area (Å²) in [6, 6.07) is 9.73. The van der Waals surface area contributed by atoms with Crippen LogP contribution in [0.3, 0.4) is 0 Å². The summed E-state index contributed by atoms with van der Waals surface area (Å²) < 4.78 is 7.08. The first-order valence-corrected chi connectivity index (χ1v) is 8.59. The SMILES string of the molecule is CC1(C)COCCN1CCNC(=O)Cn1cnc(-c2ccccc2)n1. The molecule has 0 aliphatic carbocycles. The number of rotatable bonds is 6. The lowest BCUT2D eigenvalue weighted by Gasteiger charge is -2.42. The minimum Gasteiger partial charge on any atom is -0.378 e. The van der Waals surface area contributed by atoms with Crippen molar-refractivity contribution in [2.24, 2.45) is 0 Å². The van der Waals surface area contributed by atoms with Gasteiger partial charge in [0.2, 0.25) is 5.91 Å². The lowest BCUT2D eigenvalue weighted by atomic mass is 10.0. The second-order valence-corrected chi connectivity index (χ2v) is 6.83. The number of hydrogen-bond acceptors (Lipinski definition) is 5. The highest BCUT2D eigenvalue weighted by Crippen LogP contribution is 2.17. The maximum atomic E-state index is 12.1. The molecule has 1 aromatic carbocycles. The van der Waals surface area contributed by atoms with Crippen molar-refractivity contribution in [1.82, 2.24) is 25.0 Å². The number of nitrogens with zero attached hydrogens (tertiary/aromatic N) is 4. The highest BCUT2D eigenvalue weighted by molar-refractivity contribution is 5.75. The molecular weight excluding hydrogens is 318 g/mol. The molecule has 1 aliphatic heterocycles. The van der Waals surface area contributed by atoms with Crippen LogP contribution in [0.25, 0.3) is 11.4 Å². The molecule has 134 valence electrons. The van der Waals surface area contributed by atoms with Gasteiger partial charge in [0.1, 0.15) is 12.9 Å². The third-order valence-corrected chi connectivity index (χ3v) is 4.39. The predicted octanol–water partition coefficient (Wildman–Crippen LogP) is 1.17. The number of amides is 1. The topological polar surface area (TPSA) is 72.3 Å². The number of nitrogens with one attached hydrogen (secondary N) is 1. The van der Waals surface area contributed by atoms with Gasteiger partial charge in [-0.25, -0.2) is 9.67 Å². The molecule has 1 saturated heterocycles. The van der Waals surface area contributed by atoms with Crippen LogP contribution >= 0.6 is 0 Å². The Balaban J connectivity index is 1.46. The van der Waals surface area contributed by atoms with Crippen molar-refractivity contribution in [2.75, 3.05) is 32.8 Å². The van der Waals surface area contributed by atoms with E-state index >= 15 is 0 Å². The van der Waals surface area contributed by atoms with Gasteiger partial charge in [0.05, 0.1) is 13.2 Å². The van der Waals surface area contributed by atoms with Crippen molar-refractivity contribution in [1.29, 1.82) is 0 Å². The summed E-state index contributed by atoms with van der Waals surface area (Å²) >= 11 is 0. The number of benzene rings is 1. The lowest BCUT2D eigenvalue weighted by Crippen LogP contribution is -2.54. The molecule has 1 N–H and O–H groups in total. The van der Waals surface area contributed by atoms with Gasteiger partial charge in [-0.15, -0.1) is 0 Å². The Morgan fingerprint density at radius 1 is 1.32 bits per heavy atom. The summed E-state index contributed by atoms with van der Waals surface area (Å²) in [6.07, 6.45) is 1.59. The Labute approximate surface area is 148 Å². The minimum absolute atomic E-state index is 0.0134. The number of carbonyl (C=O) groups excluding carboxylic acids is 1. The third kappa shape index (κ3) is 4.64. The molecule has 1 aliphatic rings. The van der Waals surface area contributed by atoms with Gasteiger partial charge in [-0.1, -0.05) is 30.3 Å². The van der Waals surface area contributed by atoms with E-state index in [0.717, 1.165) is 31.9 Å². The summed E-state index contributed by atoms with van der Waals surface area (Å²) in [4.78, 5) is 18.7. The van der Waals surface area contributed by atoms with Crippen LogP contribution in [-0.2, 0) is 16.1 Å². The predicted molar refractivity (Wildman–Crippen MR) is 94.9 cm³/mol. The zero-order valence-corrected chi connectivity index (χ0v) is 14.8. The second-order valence-electron chi connectivity index (χ2n) is 6.83. The van der Waals surface area contributed by atoms with Crippen LogP contribution < -0.4 is 5.32 Å². The van der Waals surface area contributed by atoms with Gasteiger partial charge in [0.15, 0.2) is 5.82 Å². The molecule has 25 heavy (non-hydrogen) atoms. The fraction of sp³-hybridized carbons (Fsp3) is 0.500. The molecule has 3 rings (SSSR count). The average Bonchev–Trinajstić information content (AvgIpc) is 3.05. The summed E-state index contributed by atoms with van der Waals surface area (Å²) in [5.41, 5.74) is 0.954. The molecule has 0 radical (unpaired) electrons. The van der Waals surface area contributed by atoms with Crippen LogP contribution in [0.1, 0.15) is 13.8 Å². The van der Waals surface area contributed by atoms with Crippen molar-refractivity contribution in [3.8, 4) is 11.4 Å². The first-order valence-electron chi connectivity index (χ1n) is 8.59. The van der Waals surface area contributed by atoms with Crippen LogP contribution in [-0.4, -0.2) is 64.0 Å². The van der Waals surface area contributed by atoms with E-state index < -0.39 is 0 Å². The molecule has 0 unspecified atom stereocenters. The number of carbonyl (C=O) groups is 1. The van der Waals surface area contributed by atoms with E-state index in [4.69, 9.17) is 4.74 Å². The van der Waals surface area contributed by atoms with Crippen molar-refractivity contribution in [2.45, 2.75) is 25.9 Å². The first-order chi connectivity index (χ1) is 12.0. The Morgan fingerprint density at radius 3 is 2.88 bits per heavy atom. The summed E-state index contributed by atoms with van der Waals surface area (Å²) in [5.74, 6) is 0.569. The normalized spacial score (nSPS) is 17.4. The molecule has 1 aromatic heterocycles. The molecule has 0 spiro atoms. The Morgan fingerprint density at radius 2 is 2.12 bits per heavy atom. The van der Waals surface area contributed by atoms with Crippen molar-refractivity contribution in [3.63, 3.8) is 0 Å². The van der Waals surface area contributed by atoms with Gasteiger partial charge < -0.3 is 10.1 Å². The highest BCUT2D eigenvalue weighted by atomic mass is 16.5. The van der Waals surface area contributed by atoms with Crippen LogP contribution in [0.2, 0.25) is 0 Å². The number of aromatic nitrogens is 3. The molecule has 7 nitrogen and oxygen atoms in total. The van der Waals surface area contributed by atoms with Crippen LogP contribution in [0.15, 0.2) is 36.7 Å². The van der Waals surface area contributed by atoms with E-state index in [1.165, 1.54) is 0 Å². The van der Waals surface area contributed by atoms with Crippen LogP contribution in [0.4, 0.5) is 0 Å². The number of ether oxygens (including phenoxy) is 1. The molecule has 0 bridgehead atoms. The fourth-order valence-corrected chi connectivity index (χ4v) is 2.93. The van der Waals surface area contributed by atoms with Crippen molar-refractivity contribution < 1.29 is 9.53 Å². The van der Waals surface area contributed by atoms with Crippen molar-refractivity contribution >= 4 is 5.91 Å². The second kappa shape index (κ2) is 7.76. The zero-order chi connectivity index (χ0) is 17.7. The number of hydrogen-bond donors (Lipinski definition) is 1. The van der Waals surface area contributed by atoms with E-state index in [0.29, 0.717) is 12.4 Å². The van der Waals surface area contributed by atoms with Crippen molar-refractivity contribution in [3.05, 3.63) is 36.7 Å². The first kappa shape index (κ1) is 17.6. The van der Waals surface area contributed by atoms with Gasteiger partial charge in [0.25, 0.3) is 0 Å². The van der Waals surface area contributed by atoms with E-state index in [1.54, 1.807) is 11.0 Å². The van der Waals surface area contributed by atoms with Gasteiger partial charge >= 0.3 is 0 Å². The standard InChI is InChI=1S/C18H25N5O2/c1-18(2)13-25-11-10-22(18)9-8-19-16(24)12-23-14-20-17(21-23)15-6-4-3-5-7-15/h3-7,14H,8-13H2,1-2H3,(H,19,24). The maximum Gasteiger partial charge on any atom is 0.241 e. The van der Waals surface area contributed by atoms with Crippen LogP contribution in [0, 0.1) is 0 Å². The molecule has 1 fully saturated rings. The minimum atomic E-state index is -0.0597. The largest absolute Gasteiger partial charge is 0.378 e. The van der Waals surface area contributed by atoms with Gasteiger partial charge in [-0.3, -0.25) is 9.69 Å². The quantitative estimate of drug-likeness (QED) is 0.852. The lowest BCUT2D eigenvalue weighted by molar-refractivity contribution is -0.122. The third-order valence-electron chi connectivity index (χ3n) is 4.39. The van der Waals surface area contributed by atoms with Crippen LogP contribution in [0.5, 0.6) is 0 Å². The van der Waals surface area contributed by atoms with E-state index in [2.05, 4.69) is 34.1 Å². The van der Waals surface area contributed by atoms with E-state index in [1.807, 2.05) is 30.3 Å².